The molecule has 0 bridgehead atoms. The van der Waals surface area contributed by atoms with Gasteiger partial charge in [-0.05, 0) is 13.8 Å². The van der Waals surface area contributed by atoms with Gasteiger partial charge < -0.3 is 5.11 Å². The van der Waals surface area contributed by atoms with E-state index in [9.17, 15) is 9.36 Å². The van der Waals surface area contributed by atoms with Gasteiger partial charge in [-0.2, -0.15) is 0 Å². The molecule has 0 aromatic rings. The lowest BCUT2D eigenvalue weighted by molar-refractivity contribution is -0.137. The van der Waals surface area contributed by atoms with E-state index in [1.54, 1.807) is 13.8 Å². The van der Waals surface area contributed by atoms with Crippen LogP contribution < -0.4 is 0 Å². The SMILES string of the molecule is CCOP(=O)(OCC)OCCC(=O)O. The molecule has 0 spiro atoms. The molecule has 0 fully saturated rings. The second-order valence-electron chi connectivity index (χ2n) is 2.26. The van der Waals surface area contributed by atoms with Crippen LogP contribution in [0.2, 0.25) is 0 Å². The normalized spacial score (nSPS) is 11.6. The van der Waals surface area contributed by atoms with E-state index >= 15 is 0 Å². The number of carboxylic acid groups (broad SMARTS) is 1. The van der Waals surface area contributed by atoms with E-state index in [0.717, 1.165) is 0 Å². The fourth-order valence-corrected chi connectivity index (χ4v) is 1.84. The van der Waals surface area contributed by atoms with Gasteiger partial charge in [-0.25, -0.2) is 4.57 Å². The van der Waals surface area contributed by atoms with E-state index < -0.39 is 13.8 Å². The second-order valence-corrected chi connectivity index (χ2v) is 3.93. The fourth-order valence-electron chi connectivity index (χ4n) is 0.673. The molecular formula is C7H15O6P. The largest absolute Gasteiger partial charge is 0.481 e. The maximum atomic E-state index is 11.5. The van der Waals surface area contributed by atoms with E-state index in [-0.39, 0.29) is 26.2 Å². The first-order chi connectivity index (χ1) is 6.54. The summed E-state index contributed by atoms with van der Waals surface area (Å²) in [6.45, 7) is 3.47. The summed E-state index contributed by atoms with van der Waals surface area (Å²) >= 11 is 0. The first-order valence-electron chi connectivity index (χ1n) is 4.29. The molecule has 14 heavy (non-hydrogen) atoms. The van der Waals surface area contributed by atoms with Crippen molar-refractivity contribution in [3.05, 3.63) is 0 Å². The van der Waals surface area contributed by atoms with Crippen molar-refractivity contribution in [3.8, 4) is 0 Å². The minimum Gasteiger partial charge on any atom is -0.481 e. The number of phosphoric acid groups is 1. The molecule has 0 unspecified atom stereocenters. The van der Waals surface area contributed by atoms with Crippen LogP contribution in [0.5, 0.6) is 0 Å². The summed E-state index contributed by atoms with van der Waals surface area (Å²) in [6, 6.07) is 0. The van der Waals surface area contributed by atoms with Crippen LogP contribution in [0.25, 0.3) is 0 Å². The van der Waals surface area contributed by atoms with Crippen molar-refractivity contribution in [3.63, 3.8) is 0 Å². The third-order valence-electron chi connectivity index (χ3n) is 1.14. The van der Waals surface area contributed by atoms with E-state index in [1.165, 1.54) is 0 Å². The van der Waals surface area contributed by atoms with Gasteiger partial charge in [-0.15, -0.1) is 0 Å². The van der Waals surface area contributed by atoms with Crippen molar-refractivity contribution >= 4 is 13.8 Å². The maximum absolute atomic E-state index is 11.5. The van der Waals surface area contributed by atoms with Gasteiger partial charge in [0, 0.05) is 0 Å². The minimum atomic E-state index is -3.54. The van der Waals surface area contributed by atoms with Gasteiger partial charge in [0.15, 0.2) is 0 Å². The lowest BCUT2D eigenvalue weighted by atomic mass is 10.5. The van der Waals surface area contributed by atoms with Gasteiger partial charge in [-0.1, -0.05) is 0 Å². The predicted molar refractivity (Wildman–Crippen MR) is 49.1 cm³/mol. The Labute approximate surface area is 82.8 Å². The molecule has 0 atom stereocenters. The van der Waals surface area contributed by atoms with Gasteiger partial charge in [0.2, 0.25) is 0 Å². The Morgan fingerprint density at radius 3 is 2.07 bits per heavy atom. The number of phosphoric ester groups is 1. The van der Waals surface area contributed by atoms with E-state index in [2.05, 4.69) is 0 Å². The van der Waals surface area contributed by atoms with Crippen molar-refractivity contribution in [2.45, 2.75) is 20.3 Å². The highest BCUT2D eigenvalue weighted by Crippen LogP contribution is 2.49. The summed E-state index contributed by atoms with van der Waals surface area (Å²) < 4.78 is 25.8. The summed E-state index contributed by atoms with van der Waals surface area (Å²) in [7, 11) is -3.54. The Kier molecular flexibility index (Phi) is 6.74. The van der Waals surface area contributed by atoms with E-state index in [1.807, 2.05) is 0 Å². The Balaban J connectivity index is 3.96. The van der Waals surface area contributed by atoms with Crippen molar-refractivity contribution in [1.29, 1.82) is 0 Å². The van der Waals surface area contributed by atoms with Gasteiger partial charge in [0.05, 0.1) is 26.2 Å². The van der Waals surface area contributed by atoms with Crippen molar-refractivity contribution in [2.24, 2.45) is 0 Å². The number of hydrogen-bond donors (Lipinski definition) is 1. The Hall–Kier alpha value is -0.420. The average molecular weight is 226 g/mol. The Bertz CT molecular complexity index is 206. The number of rotatable bonds is 8. The quantitative estimate of drug-likeness (QED) is 0.634. The Morgan fingerprint density at radius 1 is 1.21 bits per heavy atom. The third kappa shape index (κ3) is 6.10. The average Bonchev–Trinajstić information content (AvgIpc) is 2.03. The molecule has 6 nitrogen and oxygen atoms in total. The number of carbonyl (C=O) groups is 1. The number of aliphatic carboxylic acids is 1. The van der Waals surface area contributed by atoms with Crippen molar-refractivity contribution in [2.75, 3.05) is 19.8 Å². The van der Waals surface area contributed by atoms with Crippen molar-refractivity contribution in [1.82, 2.24) is 0 Å². The predicted octanol–water partition coefficient (Wildman–Crippen LogP) is 1.66. The van der Waals surface area contributed by atoms with Crippen LogP contribution in [-0.4, -0.2) is 30.9 Å². The van der Waals surface area contributed by atoms with Crippen LogP contribution in [-0.2, 0) is 22.9 Å². The highest BCUT2D eigenvalue weighted by molar-refractivity contribution is 7.48. The lowest BCUT2D eigenvalue weighted by Crippen LogP contribution is -2.05. The standard InChI is InChI=1S/C7H15O6P/c1-3-11-14(10,12-4-2)13-6-5-7(8)9/h3-6H2,1-2H3,(H,8,9). The summed E-state index contributed by atoms with van der Waals surface area (Å²) in [6.07, 6.45) is -0.232. The Morgan fingerprint density at radius 2 is 1.71 bits per heavy atom. The van der Waals surface area contributed by atoms with E-state index in [4.69, 9.17) is 18.7 Å². The van der Waals surface area contributed by atoms with Crippen molar-refractivity contribution < 1.29 is 28.0 Å². The summed E-state index contributed by atoms with van der Waals surface area (Å²) in [5, 5.41) is 8.32. The van der Waals surface area contributed by atoms with Gasteiger partial charge in [0.1, 0.15) is 0 Å². The van der Waals surface area contributed by atoms with Crippen LogP contribution in [0.1, 0.15) is 20.3 Å². The topological polar surface area (TPSA) is 82.1 Å². The monoisotopic (exact) mass is 226 g/mol. The molecule has 0 aliphatic rings. The van der Waals surface area contributed by atoms with Crippen LogP contribution in [0, 0.1) is 0 Å². The molecule has 0 saturated carbocycles. The maximum Gasteiger partial charge on any atom is 0.474 e. The molecule has 0 heterocycles. The molecule has 0 aromatic carbocycles. The molecule has 0 amide bonds. The zero-order valence-electron chi connectivity index (χ0n) is 8.26. The molecule has 0 radical (unpaired) electrons. The van der Waals surface area contributed by atoms with Crippen LogP contribution in [0.3, 0.4) is 0 Å². The summed E-state index contributed by atoms with van der Waals surface area (Å²) in [5.41, 5.74) is 0. The van der Waals surface area contributed by atoms with Crippen LogP contribution >= 0.6 is 7.82 Å². The zero-order chi connectivity index (χ0) is 11.0. The van der Waals surface area contributed by atoms with Gasteiger partial charge >= 0.3 is 13.8 Å². The second kappa shape index (κ2) is 6.95. The molecular weight excluding hydrogens is 211 g/mol. The molecule has 0 saturated heterocycles. The highest BCUT2D eigenvalue weighted by atomic mass is 31.2. The van der Waals surface area contributed by atoms with Gasteiger partial charge in [0.25, 0.3) is 0 Å². The van der Waals surface area contributed by atoms with Crippen LogP contribution in [0.4, 0.5) is 0 Å². The third-order valence-corrected chi connectivity index (χ3v) is 2.79. The van der Waals surface area contributed by atoms with Gasteiger partial charge in [-0.3, -0.25) is 18.4 Å². The molecule has 7 heteroatoms. The molecule has 0 aromatic heterocycles. The molecule has 0 rings (SSSR count). The first kappa shape index (κ1) is 13.6. The summed E-state index contributed by atoms with van der Waals surface area (Å²) in [4.78, 5) is 10.1. The first-order valence-corrected chi connectivity index (χ1v) is 5.75. The van der Waals surface area contributed by atoms with E-state index in [0.29, 0.717) is 0 Å². The molecule has 0 aliphatic carbocycles. The molecule has 84 valence electrons. The number of hydrogen-bond acceptors (Lipinski definition) is 5. The smallest absolute Gasteiger partial charge is 0.474 e. The molecule has 1 N–H and O–H groups in total. The highest BCUT2D eigenvalue weighted by Gasteiger charge is 2.25. The number of carboxylic acids is 1. The molecule has 0 aliphatic heterocycles. The zero-order valence-corrected chi connectivity index (χ0v) is 9.16. The minimum absolute atomic E-state index is 0.185. The van der Waals surface area contributed by atoms with Crippen LogP contribution in [0.15, 0.2) is 0 Å². The fraction of sp³-hybridized carbons (Fsp3) is 0.857. The lowest BCUT2D eigenvalue weighted by Gasteiger charge is -2.15. The summed E-state index contributed by atoms with van der Waals surface area (Å²) in [5.74, 6) is -1.02.